The highest BCUT2D eigenvalue weighted by Gasteiger charge is 2.35. The molecule has 0 fully saturated rings. The molecule has 4 rings (SSSR count). The summed E-state index contributed by atoms with van der Waals surface area (Å²) >= 11 is 7.38. The molecule has 7 nitrogen and oxygen atoms in total. The largest absolute Gasteiger partial charge is 0.325 e. The van der Waals surface area contributed by atoms with Crippen LogP contribution in [0.1, 0.15) is 34.6 Å². The molecule has 1 aliphatic heterocycles. The number of fused-ring (bicyclic) bond motifs is 1. The van der Waals surface area contributed by atoms with E-state index in [1.807, 2.05) is 38.1 Å². The predicted octanol–water partition coefficient (Wildman–Crippen LogP) is 4.40. The first-order valence-corrected chi connectivity index (χ1v) is 11.4. The first-order valence-electron chi connectivity index (χ1n) is 9.99. The number of rotatable bonds is 5. The number of H-pyrrole nitrogens is 1. The maximum atomic E-state index is 13.0. The van der Waals surface area contributed by atoms with Gasteiger partial charge in [0.05, 0.1) is 11.5 Å². The fourth-order valence-electron chi connectivity index (χ4n) is 3.43. The molecular formula is C23H21ClN4O3S. The lowest BCUT2D eigenvalue weighted by Crippen LogP contribution is -2.36. The van der Waals surface area contributed by atoms with Gasteiger partial charge in [-0.05, 0) is 37.1 Å². The van der Waals surface area contributed by atoms with Gasteiger partial charge in [0.1, 0.15) is 5.82 Å². The van der Waals surface area contributed by atoms with Gasteiger partial charge in [0, 0.05) is 22.9 Å². The number of thioether (sulfide) groups is 1. The molecule has 164 valence electrons. The quantitative estimate of drug-likeness (QED) is 0.380. The summed E-state index contributed by atoms with van der Waals surface area (Å²) in [4.78, 5) is 45.3. The van der Waals surface area contributed by atoms with Gasteiger partial charge in [0.25, 0.3) is 5.56 Å². The van der Waals surface area contributed by atoms with Crippen LogP contribution in [0.25, 0.3) is 0 Å². The lowest BCUT2D eigenvalue weighted by Gasteiger charge is -2.24. The number of halogens is 1. The van der Waals surface area contributed by atoms with Gasteiger partial charge >= 0.3 is 0 Å². The fraction of sp³-hybridized carbons (Fsp3) is 0.217. The van der Waals surface area contributed by atoms with E-state index in [0.29, 0.717) is 21.6 Å². The summed E-state index contributed by atoms with van der Waals surface area (Å²) in [6.45, 7) is 3.85. The van der Waals surface area contributed by atoms with E-state index in [2.05, 4.69) is 20.6 Å². The van der Waals surface area contributed by atoms with Gasteiger partial charge in [-0.15, -0.1) is 0 Å². The number of anilines is 2. The van der Waals surface area contributed by atoms with Crippen LogP contribution in [0, 0.1) is 13.8 Å². The Kier molecular flexibility index (Phi) is 6.34. The molecule has 32 heavy (non-hydrogen) atoms. The smallest absolute Gasteiger partial charge is 0.257 e. The van der Waals surface area contributed by atoms with Gasteiger partial charge < -0.3 is 15.6 Å². The number of benzene rings is 2. The highest BCUT2D eigenvalue weighted by atomic mass is 35.5. The highest BCUT2D eigenvalue weighted by Crippen LogP contribution is 2.31. The van der Waals surface area contributed by atoms with E-state index < -0.39 is 17.4 Å². The standard InChI is InChI=1S/C23H21ClN4O3S/c1-12-3-6-14(7-4-12)11-32-23-27-20-19(22(31)28-23)16(10-18(29)26-20)21(30)25-17-9-15(24)8-5-13(17)2/h3-9,16H,10-11H2,1-2H3,(H,25,30)(H2,26,27,28,29,31)/t16-/m1/s1. The Morgan fingerprint density at radius 3 is 2.69 bits per heavy atom. The van der Waals surface area contributed by atoms with Crippen molar-refractivity contribution in [2.75, 3.05) is 10.6 Å². The number of carbonyl (C=O) groups is 2. The second-order valence-electron chi connectivity index (χ2n) is 7.66. The van der Waals surface area contributed by atoms with Crippen LogP contribution in [0.15, 0.2) is 52.4 Å². The Bertz CT molecular complexity index is 1260. The third-order valence-corrected chi connectivity index (χ3v) is 6.38. The van der Waals surface area contributed by atoms with E-state index >= 15 is 0 Å². The van der Waals surface area contributed by atoms with Crippen LogP contribution in [0.4, 0.5) is 11.5 Å². The zero-order valence-corrected chi connectivity index (χ0v) is 19.1. The van der Waals surface area contributed by atoms with Crippen molar-refractivity contribution in [1.82, 2.24) is 9.97 Å². The fourth-order valence-corrected chi connectivity index (χ4v) is 4.42. The summed E-state index contributed by atoms with van der Waals surface area (Å²) in [5.74, 6) is -1.05. The minimum Gasteiger partial charge on any atom is -0.325 e. The van der Waals surface area contributed by atoms with Crippen molar-refractivity contribution in [3.05, 3.63) is 80.1 Å². The Morgan fingerprint density at radius 2 is 1.94 bits per heavy atom. The van der Waals surface area contributed by atoms with Crippen molar-refractivity contribution < 1.29 is 9.59 Å². The molecule has 0 unspecified atom stereocenters. The topological polar surface area (TPSA) is 104 Å². The zero-order chi connectivity index (χ0) is 22.8. The molecule has 0 aliphatic carbocycles. The van der Waals surface area contributed by atoms with E-state index in [9.17, 15) is 14.4 Å². The summed E-state index contributed by atoms with van der Waals surface area (Å²) in [5, 5.41) is 6.27. The van der Waals surface area contributed by atoms with Gasteiger partial charge in [-0.1, -0.05) is 59.3 Å². The molecule has 0 radical (unpaired) electrons. The Morgan fingerprint density at radius 1 is 1.19 bits per heavy atom. The second kappa shape index (κ2) is 9.18. The van der Waals surface area contributed by atoms with Crippen LogP contribution in [-0.4, -0.2) is 21.8 Å². The minimum atomic E-state index is -0.954. The van der Waals surface area contributed by atoms with Crippen molar-refractivity contribution in [3.63, 3.8) is 0 Å². The minimum absolute atomic E-state index is 0.124. The van der Waals surface area contributed by atoms with E-state index in [-0.39, 0.29) is 23.7 Å². The molecular weight excluding hydrogens is 448 g/mol. The van der Waals surface area contributed by atoms with E-state index in [0.717, 1.165) is 11.1 Å². The number of nitrogens with zero attached hydrogens (tertiary/aromatic N) is 1. The molecule has 2 heterocycles. The molecule has 1 aliphatic rings. The first kappa shape index (κ1) is 22.1. The molecule has 3 aromatic rings. The third kappa shape index (κ3) is 4.87. The molecule has 1 aromatic heterocycles. The van der Waals surface area contributed by atoms with Crippen LogP contribution >= 0.6 is 23.4 Å². The van der Waals surface area contributed by atoms with Gasteiger partial charge in [-0.3, -0.25) is 14.4 Å². The van der Waals surface area contributed by atoms with E-state index in [1.54, 1.807) is 18.2 Å². The van der Waals surface area contributed by atoms with Crippen LogP contribution in [-0.2, 0) is 15.3 Å². The molecule has 1 atom stereocenters. The lowest BCUT2D eigenvalue weighted by molar-refractivity contribution is -0.123. The number of amides is 2. The van der Waals surface area contributed by atoms with Crippen LogP contribution in [0.5, 0.6) is 0 Å². The summed E-state index contributed by atoms with van der Waals surface area (Å²) in [5.41, 5.74) is 3.31. The van der Waals surface area contributed by atoms with Crippen LogP contribution < -0.4 is 16.2 Å². The molecule has 0 bridgehead atoms. The molecule has 3 N–H and O–H groups in total. The summed E-state index contributed by atoms with van der Waals surface area (Å²) in [6, 6.07) is 13.2. The van der Waals surface area contributed by atoms with Crippen LogP contribution in [0.3, 0.4) is 0 Å². The summed E-state index contributed by atoms with van der Waals surface area (Å²) < 4.78 is 0. The molecule has 0 saturated carbocycles. The number of hydrogen-bond donors (Lipinski definition) is 3. The molecule has 0 spiro atoms. The molecule has 2 aromatic carbocycles. The SMILES string of the molecule is Cc1ccc(CSc2nc3c(c(=O)[nH]2)[C@H](C(=O)Nc2cc(Cl)ccc2C)CC(=O)N3)cc1. The average Bonchev–Trinajstić information content (AvgIpc) is 2.75. The number of aromatic nitrogens is 2. The molecule has 2 amide bonds. The number of carbonyl (C=O) groups excluding carboxylic acids is 2. The lowest BCUT2D eigenvalue weighted by atomic mass is 9.92. The average molecular weight is 469 g/mol. The van der Waals surface area contributed by atoms with E-state index in [4.69, 9.17) is 11.6 Å². The summed E-state index contributed by atoms with van der Waals surface area (Å²) in [7, 11) is 0. The second-order valence-corrected chi connectivity index (χ2v) is 9.06. The molecule has 0 saturated heterocycles. The van der Waals surface area contributed by atoms with Crippen molar-refractivity contribution in [3.8, 4) is 0 Å². The van der Waals surface area contributed by atoms with Crippen molar-refractivity contribution >= 4 is 46.7 Å². The highest BCUT2D eigenvalue weighted by molar-refractivity contribution is 7.98. The Labute approximate surface area is 194 Å². The Balaban J connectivity index is 1.58. The van der Waals surface area contributed by atoms with Crippen LogP contribution in [0.2, 0.25) is 5.02 Å². The monoisotopic (exact) mass is 468 g/mol. The number of hydrogen-bond acceptors (Lipinski definition) is 5. The number of nitrogens with one attached hydrogen (secondary N) is 3. The first-order chi connectivity index (χ1) is 15.3. The summed E-state index contributed by atoms with van der Waals surface area (Å²) in [6.07, 6.45) is -0.140. The maximum absolute atomic E-state index is 13.0. The van der Waals surface area contributed by atoms with Gasteiger partial charge in [0.15, 0.2) is 5.16 Å². The number of aryl methyl sites for hydroxylation is 2. The third-order valence-electron chi connectivity index (χ3n) is 5.20. The predicted molar refractivity (Wildman–Crippen MR) is 126 cm³/mol. The van der Waals surface area contributed by atoms with Gasteiger partial charge in [0.2, 0.25) is 11.8 Å². The van der Waals surface area contributed by atoms with Crippen molar-refractivity contribution in [2.45, 2.75) is 37.1 Å². The molecule has 9 heteroatoms. The number of aromatic amines is 1. The van der Waals surface area contributed by atoms with Crippen molar-refractivity contribution in [1.29, 1.82) is 0 Å². The van der Waals surface area contributed by atoms with Gasteiger partial charge in [-0.25, -0.2) is 4.98 Å². The Hall–Kier alpha value is -3.10. The van der Waals surface area contributed by atoms with E-state index in [1.165, 1.54) is 17.3 Å². The maximum Gasteiger partial charge on any atom is 0.257 e. The van der Waals surface area contributed by atoms with Gasteiger partial charge in [-0.2, -0.15) is 0 Å². The van der Waals surface area contributed by atoms with Crippen molar-refractivity contribution in [2.24, 2.45) is 0 Å². The zero-order valence-electron chi connectivity index (χ0n) is 17.5. The normalized spacial score (nSPS) is 15.1.